The van der Waals surface area contributed by atoms with E-state index >= 15 is 0 Å². The summed E-state index contributed by atoms with van der Waals surface area (Å²) in [6.45, 7) is 3.77. The lowest BCUT2D eigenvalue weighted by Gasteiger charge is -2.03. The van der Waals surface area contributed by atoms with Crippen LogP contribution in [0, 0.1) is 12.7 Å². The second kappa shape index (κ2) is 6.43. The largest absolute Gasteiger partial charge is 0.462 e. The highest BCUT2D eigenvalue weighted by atomic mass is 35.5. The molecule has 0 aliphatic carbocycles. The number of aromatic amines is 1. The number of esters is 1. The number of carbonyl (C=O) groups is 1. The van der Waals surface area contributed by atoms with E-state index in [-0.39, 0.29) is 24.8 Å². The molecule has 0 fully saturated rings. The Kier molecular flexibility index (Phi) is 5.16. The van der Waals surface area contributed by atoms with Crippen LogP contribution in [0.15, 0.2) is 24.3 Å². The number of benzene rings is 1. The predicted molar refractivity (Wildman–Crippen MR) is 78.5 cm³/mol. The molecule has 0 unspecified atom stereocenters. The Morgan fingerprint density at radius 1 is 1.35 bits per heavy atom. The number of rotatable bonds is 3. The average molecular weight is 299 g/mol. The van der Waals surface area contributed by atoms with Crippen LogP contribution in [0.4, 0.5) is 10.1 Å². The minimum atomic E-state index is -0.456. The number of H-pyrrole nitrogens is 1. The van der Waals surface area contributed by atoms with Crippen molar-refractivity contribution < 1.29 is 13.9 Å². The Morgan fingerprint density at radius 3 is 2.50 bits per heavy atom. The van der Waals surface area contributed by atoms with E-state index in [1.54, 1.807) is 26.0 Å². The number of hydrogen-bond acceptors (Lipinski definition) is 3. The number of nitrogen functional groups attached to an aromatic ring is 1. The first kappa shape index (κ1) is 16.0. The summed E-state index contributed by atoms with van der Waals surface area (Å²) in [5, 5.41) is 0. The van der Waals surface area contributed by atoms with Crippen LogP contribution in [0.5, 0.6) is 0 Å². The SMILES string of the molecule is CCOC(=O)c1c(C)[nH]c(-c2ccc(F)cc2)c1N.Cl. The van der Waals surface area contributed by atoms with Crippen LogP contribution < -0.4 is 5.73 Å². The van der Waals surface area contributed by atoms with Gasteiger partial charge in [0.25, 0.3) is 0 Å². The Balaban J connectivity index is 0.00000200. The monoisotopic (exact) mass is 298 g/mol. The van der Waals surface area contributed by atoms with Gasteiger partial charge in [0.2, 0.25) is 0 Å². The van der Waals surface area contributed by atoms with Crippen LogP contribution in [-0.4, -0.2) is 17.6 Å². The van der Waals surface area contributed by atoms with E-state index in [1.807, 2.05) is 0 Å². The summed E-state index contributed by atoms with van der Waals surface area (Å²) in [5.41, 5.74) is 8.59. The minimum Gasteiger partial charge on any atom is -0.462 e. The standard InChI is InChI=1S/C14H15FN2O2.ClH/c1-3-19-14(18)11-8(2)17-13(12(11)16)9-4-6-10(15)7-5-9;/h4-7,17H,3,16H2,1-2H3;1H. The molecular weight excluding hydrogens is 283 g/mol. The van der Waals surface area contributed by atoms with E-state index in [0.29, 0.717) is 22.6 Å². The van der Waals surface area contributed by atoms with Crippen molar-refractivity contribution in [2.75, 3.05) is 12.3 Å². The fourth-order valence-electron chi connectivity index (χ4n) is 1.95. The lowest BCUT2D eigenvalue weighted by Crippen LogP contribution is -2.07. The van der Waals surface area contributed by atoms with Crippen LogP contribution in [0.3, 0.4) is 0 Å². The van der Waals surface area contributed by atoms with Crippen molar-refractivity contribution in [3.05, 3.63) is 41.3 Å². The summed E-state index contributed by atoms with van der Waals surface area (Å²) < 4.78 is 17.9. The second-order valence-electron chi connectivity index (χ2n) is 4.14. The van der Waals surface area contributed by atoms with Crippen molar-refractivity contribution in [1.82, 2.24) is 4.98 Å². The van der Waals surface area contributed by atoms with Gasteiger partial charge in [-0.2, -0.15) is 0 Å². The summed E-state index contributed by atoms with van der Waals surface area (Å²) in [6.07, 6.45) is 0. The summed E-state index contributed by atoms with van der Waals surface area (Å²) >= 11 is 0. The molecule has 0 amide bonds. The molecule has 0 bridgehead atoms. The van der Waals surface area contributed by atoms with Crippen molar-refractivity contribution in [3.63, 3.8) is 0 Å². The number of ether oxygens (including phenoxy) is 1. The molecule has 108 valence electrons. The fraction of sp³-hybridized carbons (Fsp3) is 0.214. The van der Waals surface area contributed by atoms with E-state index in [1.165, 1.54) is 12.1 Å². The Labute approximate surface area is 122 Å². The van der Waals surface area contributed by atoms with Crippen LogP contribution in [0.2, 0.25) is 0 Å². The van der Waals surface area contributed by atoms with Gasteiger partial charge in [-0.1, -0.05) is 0 Å². The van der Waals surface area contributed by atoms with Gasteiger partial charge in [-0.3, -0.25) is 0 Å². The molecule has 1 aromatic heterocycles. The maximum Gasteiger partial charge on any atom is 0.342 e. The molecule has 1 aromatic carbocycles. The molecule has 0 aliphatic rings. The molecule has 0 aliphatic heterocycles. The first-order chi connectivity index (χ1) is 9.04. The lowest BCUT2D eigenvalue weighted by molar-refractivity contribution is 0.0527. The number of aromatic nitrogens is 1. The fourth-order valence-corrected chi connectivity index (χ4v) is 1.95. The average Bonchev–Trinajstić information content (AvgIpc) is 2.66. The summed E-state index contributed by atoms with van der Waals surface area (Å²) in [5.74, 6) is -0.779. The highest BCUT2D eigenvalue weighted by Gasteiger charge is 2.20. The number of nitrogens with one attached hydrogen (secondary N) is 1. The van der Waals surface area contributed by atoms with Gasteiger partial charge in [0.1, 0.15) is 11.4 Å². The quantitative estimate of drug-likeness (QED) is 0.854. The summed E-state index contributed by atoms with van der Waals surface area (Å²) in [4.78, 5) is 14.8. The maximum atomic E-state index is 12.9. The number of aryl methyl sites for hydroxylation is 1. The van der Waals surface area contributed by atoms with Crippen LogP contribution in [0.1, 0.15) is 23.0 Å². The normalized spacial score (nSPS) is 9.95. The number of halogens is 2. The van der Waals surface area contributed by atoms with Gasteiger partial charge >= 0.3 is 5.97 Å². The van der Waals surface area contributed by atoms with Gasteiger partial charge < -0.3 is 15.5 Å². The molecule has 20 heavy (non-hydrogen) atoms. The van der Waals surface area contributed by atoms with Gasteiger partial charge in [-0.05, 0) is 38.1 Å². The lowest BCUT2D eigenvalue weighted by atomic mass is 10.1. The number of anilines is 1. The Hall–Kier alpha value is -2.01. The molecule has 0 radical (unpaired) electrons. The molecule has 3 N–H and O–H groups in total. The highest BCUT2D eigenvalue weighted by molar-refractivity contribution is 6.00. The third kappa shape index (κ3) is 2.93. The van der Waals surface area contributed by atoms with E-state index in [2.05, 4.69) is 4.98 Å². The highest BCUT2D eigenvalue weighted by Crippen LogP contribution is 2.30. The van der Waals surface area contributed by atoms with Crippen molar-refractivity contribution >= 4 is 24.1 Å². The summed E-state index contributed by atoms with van der Waals surface area (Å²) in [6, 6.07) is 5.89. The van der Waals surface area contributed by atoms with Crippen molar-refractivity contribution in [3.8, 4) is 11.3 Å². The molecule has 2 aromatic rings. The topological polar surface area (TPSA) is 68.1 Å². The van der Waals surface area contributed by atoms with E-state index < -0.39 is 5.97 Å². The maximum absolute atomic E-state index is 12.9. The molecule has 6 heteroatoms. The first-order valence-electron chi connectivity index (χ1n) is 5.95. The molecule has 1 heterocycles. The zero-order valence-corrected chi connectivity index (χ0v) is 12.0. The van der Waals surface area contributed by atoms with Crippen molar-refractivity contribution in [2.45, 2.75) is 13.8 Å². The van der Waals surface area contributed by atoms with Crippen LogP contribution in [0.25, 0.3) is 11.3 Å². The molecule has 4 nitrogen and oxygen atoms in total. The number of nitrogens with two attached hydrogens (primary N) is 1. The van der Waals surface area contributed by atoms with Gasteiger partial charge in [-0.25, -0.2) is 9.18 Å². The second-order valence-corrected chi connectivity index (χ2v) is 4.14. The molecule has 0 saturated carbocycles. The zero-order chi connectivity index (χ0) is 14.0. The van der Waals surface area contributed by atoms with Crippen LogP contribution in [-0.2, 0) is 4.74 Å². The van der Waals surface area contributed by atoms with E-state index in [9.17, 15) is 9.18 Å². The van der Waals surface area contributed by atoms with Gasteiger partial charge in [-0.15, -0.1) is 12.4 Å². The summed E-state index contributed by atoms with van der Waals surface area (Å²) in [7, 11) is 0. The molecule has 0 atom stereocenters. The number of hydrogen-bond donors (Lipinski definition) is 2. The third-order valence-electron chi connectivity index (χ3n) is 2.84. The predicted octanol–water partition coefficient (Wildman–Crippen LogP) is 3.31. The minimum absolute atomic E-state index is 0. The van der Waals surface area contributed by atoms with Crippen molar-refractivity contribution in [1.29, 1.82) is 0 Å². The van der Waals surface area contributed by atoms with Gasteiger partial charge in [0, 0.05) is 11.3 Å². The third-order valence-corrected chi connectivity index (χ3v) is 2.84. The molecule has 0 spiro atoms. The van der Waals surface area contributed by atoms with Crippen LogP contribution >= 0.6 is 12.4 Å². The smallest absolute Gasteiger partial charge is 0.342 e. The van der Waals surface area contributed by atoms with Gasteiger partial charge in [0.05, 0.1) is 18.0 Å². The van der Waals surface area contributed by atoms with Crippen molar-refractivity contribution in [2.24, 2.45) is 0 Å². The molecule has 2 rings (SSSR count). The zero-order valence-electron chi connectivity index (χ0n) is 11.2. The Morgan fingerprint density at radius 2 is 1.95 bits per heavy atom. The number of carbonyl (C=O) groups excluding carboxylic acids is 1. The molecule has 0 saturated heterocycles. The first-order valence-corrected chi connectivity index (χ1v) is 5.95. The van der Waals surface area contributed by atoms with E-state index in [4.69, 9.17) is 10.5 Å². The van der Waals surface area contributed by atoms with E-state index in [0.717, 1.165) is 5.56 Å². The molecular formula is C14H16ClFN2O2. The van der Waals surface area contributed by atoms with Gasteiger partial charge in [0.15, 0.2) is 0 Å². The Bertz CT molecular complexity index is 608.